The maximum Gasteiger partial charge on any atom is 0.405 e. The number of hydrogen-bond acceptors (Lipinski definition) is 4. The molecule has 1 aliphatic rings. The van der Waals surface area contributed by atoms with Crippen molar-refractivity contribution in [3.8, 4) is 0 Å². The second kappa shape index (κ2) is 3.23. The lowest BCUT2D eigenvalue weighted by atomic mass is 10.4. The first-order valence-electron chi connectivity index (χ1n) is 3.29. The van der Waals surface area contributed by atoms with E-state index in [0.717, 1.165) is 0 Å². The van der Waals surface area contributed by atoms with Crippen LogP contribution >= 0.6 is 0 Å². The van der Waals surface area contributed by atoms with Gasteiger partial charge in [0.15, 0.2) is 6.10 Å². The maximum absolute atomic E-state index is 10.3. The maximum atomic E-state index is 10.3. The molecule has 5 nitrogen and oxygen atoms in total. The third-order valence-corrected chi connectivity index (χ3v) is 1.28. The van der Waals surface area contributed by atoms with Crippen molar-refractivity contribution in [1.82, 2.24) is 5.32 Å². The van der Waals surface area contributed by atoms with Crippen LogP contribution in [0.5, 0.6) is 0 Å². The number of ether oxygens (including phenoxy) is 1. The van der Waals surface area contributed by atoms with Crippen LogP contribution in [0.15, 0.2) is 4.99 Å². The molecule has 0 fully saturated rings. The van der Waals surface area contributed by atoms with Crippen molar-refractivity contribution < 1.29 is 9.53 Å². The summed E-state index contributed by atoms with van der Waals surface area (Å²) in [6.45, 7) is 4.09. The average Bonchev–Trinajstić information content (AvgIpc) is 2.35. The van der Waals surface area contributed by atoms with Gasteiger partial charge in [0.25, 0.3) is 0 Å². The van der Waals surface area contributed by atoms with E-state index in [1.807, 2.05) is 0 Å². The molecule has 0 saturated heterocycles. The van der Waals surface area contributed by atoms with Crippen LogP contribution < -0.4 is 11.1 Å². The van der Waals surface area contributed by atoms with Gasteiger partial charge in [-0.15, -0.1) is 0 Å². The van der Waals surface area contributed by atoms with E-state index in [-0.39, 0.29) is 6.10 Å². The summed E-state index contributed by atoms with van der Waals surface area (Å²) in [5.74, 6) is 0.642. The first-order chi connectivity index (χ1) is 5.20. The van der Waals surface area contributed by atoms with E-state index >= 15 is 0 Å². The number of primary amides is 1. The molecule has 1 heterocycles. The van der Waals surface area contributed by atoms with Crippen LogP contribution in [0.1, 0.15) is 6.92 Å². The molecule has 1 aliphatic heterocycles. The summed E-state index contributed by atoms with van der Waals surface area (Å²) in [7, 11) is 0. The van der Waals surface area contributed by atoms with E-state index in [1.165, 1.54) is 0 Å². The summed E-state index contributed by atoms with van der Waals surface area (Å²) in [5, 5.41) is 2.92. The van der Waals surface area contributed by atoms with E-state index in [9.17, 15) is 4.79 Å². The SMILES string of the molecule is CC(OC(N)=O)C1=N[CH]CN1. The zero-order valence-electron chi connectivity index (χ0n) is 6.20. The topological polar surface area (TPSA) is 76.7 Å². The van der Waals surface area contributed by atoms with Crippen molar-refractivity contribution in [1.29, 1.82) is 0 Å². The number of hydrogen-bond donors (Lipinski definition) is 2. The number of aliphatic imine (C=N–C) groups is 1. The molecule has 1 radical (unpaired) electrons. The molecule has 0 saturated carbocycles. The number of carbonyl (C=O) groups excluding carboxylic acids is 1. The van der Waals surface area contributed by atoms with Crippen LogP contribution in [0.3, 0.4) is 0 Å². The highest BCUT2D eigenvalue weighted by Gasteiger charge is 2.16. The average molecular weight is 156 g/mol. The van der Waals surface area contributed by atoms with Gasteiger partial charge in [-0.2, -0.15) is 0 Å². The minimum absolute atomic E-state index is 0.383. The quantitative estimate of drug-likeness (QED) is 0.572. The van der Waals surface area contributed by atoms with Gasteiger partial charge in [-0.05, 0) is 6.92 Å². The fraction of sp³-hybridized carbons (Fsp3) is 0.500. The predicted octanol–water partition coefficient (Wildman–Crippen LogP) is -0.366. The lowest BCUT2D eigenvalue weighted by Crippen LogP contribution is -2.34. The third-order valence-electron chi connectivity index (χ3n) is 1.28. The van der Waals surface area contributed by atoms with Crippen LogP contribution in [-0.2, 0) is 4.74 Å². The fourth-order valence-corrected chi connectivity index (χ4v) is 0.819. The highest BCUT2D eigenvalue weighted by molar-refractivity contribution is 5.89. The monoisotopic (exact) mass is 156 g/mol. The van der Waals surface area contributed by atoms with Crippen LogP contribution in [0.25, 0.3) is 0 Å². The van der Waals surface area contributed by atoms with Gasteiger partial charge in [0, 0.05) is 6.54 Å². The zero-order chi connectivity index (χ0) is 8.27. The molecule has 1 atom stereocenters. The first kappa shape index (κ1) is 7.84. The van der Waals surface area contributed by atoms with Gasteiger partial charge in [0.1, 0.15) is 5.84 Å². The molecule has 0 aromatic carbocycles. The Balaban J connectivity index is 2.40. The summed E-state index contributed by atoms with van der Waals surface area (Å²) in [4.78, 5) is 14.2. The highest BCUT2D eigenvalue weighted by atomic mass is 16.6. The van der Waals surface area contributed by atoms with E-state index < -0.39 is 6.09 Å². The number of nitrogens with one attached hydrogen (secondary N) is 1. The van der Waals surface area contributed by atoms with Gasteiger partial charge >= 0.3 is 6.09 Å². The second-order valence-corrected chi connectivity index (χ2v) is 2.16. The van der Waals surface area contributed by atoms with Gasteiger partial charge < -0.3 is 15.8 Å². The minimum Gasteiger partial charge on any atom is -0.439 e. The molecule has 0 aliphatic carbocycles. The fourth-order valence-electron chi connectivity index (χ4n) is 0.819. The van der Waals surface area contributed by atoms with Crippen LogP contribution in [-0.4, -0.2) is 24.6 Å². The van der Waals surface area contributed by atoms with Crippen molar-refractivity contribution in [2.24, 2.45) is 10.7 Å². The Hall–Kier alpha value is -1.26. The molecular weight excluding hydrogens is 146 g/mol. The Bertz CT molecular complexity index is 190. The molecule has 11 heavy (non-hydrogen) atoms. The molecule has 3 N–H and O–H groups in total. The van der Waals surface area contributed by atoms with Crippen molar-refractivity contribution in [2.45, 2.75) is 13.0 Å². The summed E-state index contributed by atoms with van der Waals surface area (Å²) in [6.07, 6.45) is -1.17. The van der Waals surface area contributed by atoms with Crippen LogP contribution in [0.4, 0.5) is 4.79 Å². The molecule has 61 valence electrons. The van der Waals surface area contributed by atoms with Gasteiger partial charge in [-0.3, -0.25) is 4.99 Å². The van der Waals surface area contributed by atoms with E-state index in [4.69, 9.17) is 5.73 Å². The molecule has 0 aromatic heterocycles. The molecule has 0 spiro atoms. The first-order valence-corrected chi connectivity index (χ1v) is 3.29. The number of amidine groups is 1. The number of rotatable bonds is 2. The molecule has 1 amide bonds. The molecule has 1 unspecified atom stereocenters. The number of carbonyl (C=O) groups is 1. The van der Waals surface area contributed by atoms with Crippen molar-refractivity contribution >= 4 is 11.9 Å². The molecule has 1 rings (SSSR count). The van der Waals surface area contributed by atoms with E-state index in [0.29, 0.717) is 12.4 Å². The largest absolute Gasteiger partial charge is 0.439 e. The number of nitrogens with two attached hydrogens (primary N) is 1. The molecular formula is C6H10N3O2. The molecule has 0 aromatic rings. The van der Waals surface area contributed by atoms with Crippen molar-refractivity contribution in [2.75, 3.05) is 6.54 Å². The van der Waals surface area contributed by atoms with E-state index in [1.54, 1.807) is 13.5 Å². The summed E-state index contributed by atoms with van der Waals surface area (Å²) in [6, 6.07) is 0. The molecule has 0 bridgehead atoms. The van der Waals surface area contributed by atoms with Gasteiger partial charge in [-0.25, -0.2) is 4.79 Å². The van der Waals surface area contributed by atoms with Gasteiger partial charge in [0.05, 0.1) is 6.54 Å². The predicted molar refractivity (Wildman–Crippen MR) is 39.9 cm³/mol. The number of amides is 1. The van der Waals surface area contributed by atoms with E-state index in [2.05, 4.69) is 15.0 Å². The Morgan fingerprint density at radius 3 is 3.18 bits per heavy atom. The minimum atomic E-state index is -0.783. The summed E-state index contributed by atoms with van der Waals surface area (Å²) >= 11 is 0. The second-order valence-electron chi connectivity index (χ2n) is 2.16. The lowest BCUT2D eigenvalue weighted by molar-refractivity contribution is 0.143. The normalized spacial score (nSPS) is 18.5. The Morgan fingerprint density at radius 1 is 2.00 bits per heavy atom. The van der Waals surface area contributed by atoms with Crippen molar-refractivity contribution in [3.05, 3.63) is 6.54 Å². The third kappa shape index (κ3) is 2.10. The zero-order valence-corrected chi connectivity index (χ0v) is 6.20. The highest BCUT2D eigenvalue weighted by Crippen LogP contribution is 1.98. The number of nitrogens with zero attached hydrogens (tertiary/aromatic N) is 1. The van der Waals surface area contributed by atoms with Crippen molar-refractivity contribution in [3.63, 3.8) is 0 Å². The van der Waals surface area contributed by atoms with Crippen LogP contribution in [0, 0.1) is 6.54 Å². The van der Waals surface area contributed by atoms with Crippen LogP contribution in [0.2, 0.25) is 0 Å². The summed E-state index contributed by atoms with van der Waals surface area (Å²) < 4.78 is 4.66. The van der Waals surface area contributed by atoms with Gasteiger partial charge in [-0.1, -0.05) is 0 Å². The Kier molecular flexibility index (Phi) is 2.30. The standard InChI is InChI=1S/C6H10N3O2/c1-4(11-6(7)10)5-8-2-3-9-5/h2,4H,3H2,1H3,(H2,7,10)(H,8,9). The summed E-state index contributed by atoms with van der Waals surface area (Å²) in [5.41, 5.74) is 4.81. The molecule has 5 heteroatoms. The van der Waals surface area contributed by atoms with Gasteiger partial charge in [0.2, 0.25) is 0 Å². The smallest absolute Gasteiger partial charge is 0.405 e. The Morgan fingerprint density at radius 2 is 2.73 bits per heavy atom. The Labute approximate surface area is 64.6 Å². The lowest BCUT2D eigenvalue weighted by Gasteiger charge is -2.10.